The first-order chi connectivity index (χ1) is 9.35. The molecule has 19 heavy (non-hydrogen) atoms. The summed E-state index contributed by atoms with van der Waals surface area (Å²) >= 11 is 0. The van der Waals surface area contributed by atoms with Gasteiger partial charge in [0.2, 0.25) is 0 Å². The summed E-state index contributed by atoms with van der Waals surface area (Å²) < 4.78 is 5.77. The molecular formula is C15H15N3O. The van der Waals surface area contributed by atoms with E-state index in [1.165, 1.54) is 0 Å². The highest BCUT2D eigenvalue weighted by Gasteiger charge is 2.00. The molecule has 1 heterocycles. The monoisotopic (exact) mass is 253 g/mol. The highest BCUT2D eigenvalue weighted by atomic mass is 16.5. The summed E-state index contributed by atoms with van der Waals surface area (Å²) in [6.07, 6.45) is 1.79. The molecular weight excluding hydrogens is 238 g/mol. The zero-order chi connectivity index (χ0) is 13.1. The second kappa shape index (κ2) is 5.12. The Morgan fingerprint density at radius 1 is 1.05 bits per heavy atom. The molecule has 0 atom stereocenters. The summed E-state index contributed by atoms with van der Waals surface area (Å²) in [7, 11) is 0. The van der Waals surface area contributed by atoms with Crippen molar-refractivity contribution in [2.45, 2.75) is 13.2 Å². The number of hydrogen-bond donors (Lipinski definition) is 2. The number of H-pyrrole nitrogens is 1. The number of benzene rings is 2. The van der Waals surface area contributed by atoms with Crippen molar-refractivity contribution in [3.8, 4) is 5.75 Å². The molecule has 0 aliphatic carbocycles. The lowest BCUT2D eigenvalue weighted by Gasteiger charge is -2.07. The molecule has 3 rings (SSSR count). The molecule has 0 bridgehead atoms. The number of ether oxygens (including phenoxy) is 1. The van der Waals surface area contributed by atoms with Crippen LogP contribution in [0, 0.1) is 0 Å². The van der Waals surface area contributed by atoms with Crippen LogP contribution in [-0.4, -0.2) is 10.2 Å². The molecule has 2 aromatic carbocycles. The second-order valence-electron chi connectivity index (χ2n) is 4.43. The Kier molecular flexibility index (Phi) is 3.16. The normalized spacial score (nSPS) is 10.8. The fraction of sp³-hybridized carbons (Fsp3) is 0.133. The molecule has 0 saturated carbocycles. The highest BCUT2D eigenvalue weighted by Crippen LogP contribution is 2.19. The fourth-order valence-corrected chi connectivity index (χ4v) is 1.95. The standard InChI is InChI=1S/C15H15N3O/c16-8-11-1-3-12(4-2-11)10-19-14-5-6-15-13(7-14)9-17-18-15/h1-7,9H,8,10,16H2,(H,17,18). The predicted molar refractivity (Wildman–Crippen MR) is 74.8 cm³/mol. The lowest BCUT2D eigenvalue weighted by atomic mass is 10.1. The van der Waals surface area contributed by atoms with Crippen LogP contribution in [0.2, 0.25) is 0 Å². The van der Waals surface area contributed by atoms with Crippen LogP contribution in [0.25, 0.3) is 10.9 Å². The molecule has 0 fully saturated rings. The Morgan fingerprint density at radius 2 is 1.84 bits per heavy atom. The second-order valence-corrected chi connectivity index (χ2v) is 4.43. The van der Waals surface area contributed by atoms with E-state index in [4.69, 9.17) is 10.5 Å². The van der Waals surface area contributed by atoms with Crippen LogP contribution in [0.5, 0.6) is 5.75 Å². The van der Waals surface area contributed by atoms with Gasteiger partial charge in [0.1, 0.15) is 12.4 Å². The van der Waals surface area contributed by atoms with Gasteiger partial charge < -0.3 is 10.5 Å². The van der Waals surface area contributed by atoms with Gasteiger partial charge in [-0.15, -0.1) is 0 Å². The van der Waals surface area contributed by atoms with E-state index in [1.54, 1.807) is 6.20 Å². The molecule has 4 nitrogen and oxygen atoms in total. The molecule has 0 saturated heterocycles. The van der Waals surface area contributed by atoms with Crippen molar-refractivity contribution in [3.05, 3.63) is 59.8 Å². The average Bonchev–Trinajstić information content (AvgIpc) is 2.93. The Bertz CT molecular complexity index is 673. The van der Waals surface area contributed by atoms with E-state index >= 15 is 0 Å². The number of aromatic nitrogens is 2. The summed E-state index contributed by atoms with van der Waals surface area (Å²) in [6.45, 7) is 1.12. The molecule has 0 radical (unpaired) electrons. The molecule has 4 heteroatoms. The predicted octanol–water partition coefficient (Wildman–Crippen LogP) is 2.60. The molecule has 0 amide bonds. The molecule has 0 spiro atoms. The summed E-state index contributed by atoms with van der Waals surface area (Å²) in [5.74, 6) is 0.844. The van der Waals surface area contributed by atoms with Crippen molar-refractivity contribution in [2.24, 2.45) is 5.73 Å². The number of nitrogens with zero attached hydrogens (tertiary/aromatic N) is 1. The van der Waals surface area contributed by atoms with Crippen LogP contribution < -0.4 is 10.5 Å². The Balaban J connectivity index is 1.70. The summed E-state index contributed by atoms with van der Waals surface area (Å²) in [6, 6.07) is 14.0. The molecule has 96 valence electrons. The Labute approximate surface area is 111 Å². The van der Waals surface area contributed by atoms with Crippen LogP contribution in [-0.2, 0) is 13.2 Å². The summed E-state index contributed by atoms with van der Waals surface area (Å²) in [4.78, 5) is 0. The van der Waals surface area contributed by atoms with Gasteiger partial charge in [0.05, 0.1) is 11.7 Å². The molecule has 0 aliphatic heterocycles. The zero-order valence-electron chi connectivity index (χ0n) is 10.5. The lowest BCUT2D eigenvalue weighted by Crippen LogP contribution is -1.98. The van der Waals surface area contributed by atoms with E-state index in [0.717, 1.165) is 27.8 Å². The minimum absolute atomic E-state index is 0.550. The van der Waals surface area contributed by atoms with Crippen LogP contribution >= 0.6 is 0 Å². The lowest BCUT2D eigenvalue weighted by molar-refractivity contribution is 0.306. The van der Waals surface area contributed by atoms with E-state index in [1.807, 2.05) is 42.5 Å². The molecule has 0 unspecified atom stereocenters. The van der Waals surface area contributed by atoms with Gasteiger partial charge in [0.25, 0.3) is 0 Å². The number of aromatic amines is 1. The van der Waals surface area contributed by atoms with Crippen molar-refractivity contribution >= 4 is 10.9 Å². The zero-order valence-corrected chi connectivity index (χ0v) is 10.5. The van der Waals surface area contributed by atoms with Crippen LogP contribution in [0.1, 0.15) is 11.1 Å². The van der Waals surface area contributed by atoms with E-state index in [2.05, 4.69) is 10.2 Å². The first-order valence-corrected chi connectivity index (χ1v) is 6.19. The number of nitrogens with two attached hydrogens (primary N) is 1. The van der Waals surface area contributed by atoms with E-state index < -0.39 is 0 Å². The van der Waals surface area contributed by atoms with Crippen LogP contribution in [0.15, 0.2) is 48.7 Å². The third kappa shape index (κ3) is 2.58. The first kappa shape index (κ1) is 11.7. The van der Waals surface area contributed by atoms with Gasteiger partial charge in [-0.25, -0.2) is 0 Å². The fourth-order valence-electron chi connectivity index (χ4n) is 1.95. The Hall–Kier alpha value is -2.33. The minimum atomic E-state index is 0.550. The quantitative estimate of drug-likeness (QED) is 0.751. The van der Waals surface area contributed by atoms with Crippen LogP contribution in [0.3, 0.4) is 0 Å². The van der Waals surface area contributed by atoms with Crippen molar-refractivity contribution in [3.63, 3.8) is 0 Å². The molecule has 3 N–H and O–H groups in total. The molecule has 1 aromatic heterocycles. The molecule has 0 aliphatic rings. The van der Waals surface area contributed by atoms with E-state index in [0.29, 0.717) is 13.2 Å². The van der Waals surface area contributed by atoms with Crippen molar-refractivity contribution in [1.82, 2.24) is 10.2 Å². The number of hydrogen-bond acceptors (Lipinski definition) is 3. The van der Waals surface area contributed by atoms with Crippen molar-refractivity contribution < 1.29 is 4.74 Å². The highest BCUT2D eigenvalue weighted by molar-refractivity contribution is 5.79. The maximum absolute atomic E-state index is 5.77. The van der Waals surface area contributed by atoms with Gasteiger partial charge in [0, 0.05) is 11.9 Å². The van der Waals surface area contributed by atoms with Gasteiger partial charge in [0.15, 0.2) is 0 Å². The smallest absolute Gasteiger partial charge is 0.120 e. The SMILES string of the molecule is NCc1ccc(COc2ccc3[nH]ncc3c2)cc1. The minimum Gasteiger partial charge on any atom is -0.489 e. The number of nitrogens with one attached hydrogen (secondary N) is 1. The maximum atomic E-state index is 5.77. The summed E-state index contributed by atoms with van der Waals surface area (Å²) in [5, 5.41) is 7.96. The summed E-state index contributed by atoms with van der Waals surface area (Å²) in [5.41, 5.74) is 8.84. The average molecular weight is 253 g/mol. The van der Waals surface area contributed by atoms with Crippen molar-refractivity contribution in [1.29, 1.82) is 0 Å². The van der Waals surface area contributed by atoms with Gasteiger partial charge in [-0.05, 0) is 29.3 Å². The number of rotatable bonds is 4. The van der Waals surface area contributed by atoms with E-state index in [9.17, 15) is 0 Å². The molecule has 3 aromatic rings. The van der Waals surface area contributed by atoms with Gasteiger partial charge >= 0.3 is 0 Å². The largest absolute Gasteiger partial charge is 0.489 e. The van der Waals surface area contributed by atoms with E-state index in [-0.39, 0.29) is 0 Å². The van der Waals surface area contributed by atoms with Crippen LogP contribution in [0.4, 0.5) is 0 Å². The van der Waals surface area contributed by atoms with Crippen molar-refractivity contribution in [2.75, 3.05) is 0 Å². The number of fused-ring (bicyclic) bond motifs is 1. The van der Waals surface area contributed by atoms with Gasteiger partial charge in [-0.3, -0.25) is 5.10 Å². The maximum Gasteiger partial charge on any atom is 0.120 e. The third-order valence-electron chi connectivity index (χ3n) is 3.08. The third-order valence-corrected chi connectivity index (χ3v) is 3.08. The topological polar surface area (TPSA) is 63.9 Å². The van der Waals surface area contributed by atoms with Gasteiger partial charge in [-0.1, -0.05) is 24.3 Å². The first-order valence-electron chi connectivity index (χ1n) is 6.19. The van der Waals surface area contributed by atoms with Gasteiger partial charge in [-0.2, -0.15) is 5.10 Å². The Morgan fingerprint density at radius 3 is 2.63 bits per heavy atom.